The minimum Gasteiger partial charge on any atom is -0.478 e. The van der Waals surface area contributed by atoms with Gasteiger partial charge in [0, 0.05) is 19.3 Å². The third-order valence-corrected chi connectivity index (χ3v) is 3.57. The van der Waals surface area contributed by atoms with E-state index in [-0.39, 0.29) is 11.9 Å². The first-order chi connectivity index (χ1) is 9.04. The van der Waals surface area contributed by atoms with E-state index in [0.717, 1.165) is 25.1 Å². The molecule has 0 bridgehead atoms. The molecule has 0 aromatic heterocycles. The van der Waals surface area contributed by atoms with Gasteiger partial charge in [0.15, 0.2) is 0 Å². The van der Waals surface area contributed by atoms with E-state index in [1.54, 1.807) is 26.1 Å². The first-order valence-electron chi connectivity index (χ1n) is 6.36. The van der Waals surface area contributed by atoms with Gasteiger partial charge in [0.1, 0.15) is 6.04 Å². The topological polar surface area (TPSA) is 69.6 Å². The quantitative estimate of drug-likeness (QED) is 0.864. The lowest BCUT2D eigenvalue weighted by Crippen LogP contribution is -2.42. The van der Waals surface area contributed by atoms with Crippen molar-refractivity contribution in [2.45, 2.75) is 25.8 Å². The van der Waals surface area contributed by atoms with Crippen LogP contribution < -0.4 is 10.2 Å². The number of aromatic carboxylic acids is 1. The number of carboxylic acids is 1. The first-order valence-corrected chi connectivity index (χ1v) is 6.36. The average Bonchev–Trinajstić information content (AvgIpc) is 2.86. The molecular weight excluding hydrogens is 244 g/mol. The molecule has 2 rings (SSSR count). The van der Waals surface area contributed by atoms with Crippen molar-refractivity contribution in [1.29, 1.82) is 0 Å². The Kier molecular flexibility index (Phi) is 3.74. The second-order valence-corrected chi connectivity index (χ2v) is 4.77. The number of anilines is 1. The molecule has 1 aliphatic rings. The molecule has 1 aromatic rings. The van der Waals surface area contributed by atoms with E-state index in [1.807, 2.05) is 11.0 Å². The van der Waals surface area contributed by atoms with Gasteiger partial charge in [-0.15, -0.1) is 0 Å². The third kappa shape index (κ3) is 2.54. The number of aryl methyl sites for hydroxylation is 1. The van der Waals surface area contributed by atoms with Crippen molar-refractivity contribution in [3.63, 3.8) is 0 Å². The Morgan fingerprint density at radius 2 is 2.16 bits per heavy atom. The van der Waals surface area contributed by atoms with Gasteiger partial charge < -0.3 is 15.3 Å². The van der Waals surface area contributed by atoms with Gasteiger partial charge in [0.25, 0.3) is 0 Å². The summed E-state index contributed by atoms with van der Waals surface area (Å²) < 4.78 is 0. The molecule has 2 N–H and O–H groups in total. The molecule has 1 unspecified atom stereocenters. The molecule has 5 heteroatoms. The average molecular weight is 262 g/mol. The van der Waals surface area contributed by atoms with Crippen LogP contribution in [0.3, 0.4) is 0 Å². The number of nitrogens with zero attached hydrogens (tertiary/aromatic N) is 1. The fourth-order valence-electron chi connectivity index (χ4n) is 2.58. The molecule has 1 aliphatic heterocycles. The van der Waals surface area contributed by atoms with Crippen LogP contribution in [0.15, 0.2) is 18.2 Å². The van der Waals surface area contributed by atoms with Crippen LogP contribution in [0.2, 0.25) is 0 Å². The highest BCUT2D eigenvalue weighted by molar-refractivity contribution is 5.90. The maximum Gasteiger partial charge on any atom is 0.335 e. The van der Waals surface area contributed by atoms with Gasteiger partial charge in [0.05, 0.1) is 5.56 Å². The number of hydrogen-bond acceptors (Lipinski definition) is 3. The lowest BCUT2D eigenvalue weighted by atomic mass is 10.1. The summed E-state index contributed by atoms with van der Waals surface area (Å²) in [6.45, 7) is 2.60. The maximum absolute atomic E-state index is 11.8. The van der Waals surface area contributed by atoms with E-state index in [1.165, 1.54) is 0 Å². The summed E-state index contributed by atoms with van der Waals surface area (Å²) in [6.07, 6.45) is 1.80. The van der Waals surface area contributed by atoms with Gasteiger partial charge in [-0.3, -0.25) is 4.79 Å². The highest BCUT2D eigenvalue weighted by Gasteiger charge is 2.30. The zero-order valence-electron chi connectivity index (χ0n) is 11.1. The van der Waals surface area contributed by atoms with Crippen LogP contribution >= 0.6 is 0 Å². The summed E-state index contributed by atoms with van der Waals surface area (Å²) >= 11 is 0. The zero-order chi connectivity index (χ0) is 14.0. The predicted molar refractivity (Wildman–Crippen MR) is 72.6 cm³/mol. The van der Waals surface area contributed by atoms with E-state index in [4.69, 9.17) is 5.11 Å². The summed E-state index contributed by atoms with van der Waals surface area (Å²) in [5.41, 5.74) is 1.93. The standard InChI is InChI=1S/C14H18N2O3/c1-9-8-10(5-6-11(9)14(18)19)16-7-3-4-12(16)13(17)15-2/h5-6,8,12H,3-4,7H2,1-2H3,(H,15,17)(H,18,19). The number of hydrogen-bond donors (Lipinski definition) is 2. The Labute approximate surface area is 112 Å². The number of carbonyl (C=O) groups excluding carboxylic acids is 1. The van der Waals surface area contributed by atoms with Crippen molar-refractivity contribution < 1.29 is 14.7 Å². The molecule has 1 saturated heterocycles. The summed E-state index contributed by atoms with van der Waals surface area (Å²) in [5, 5.41) is 11.7. The first kappa shape index (κ1) is 13.4. The number of rotatable bonds is 3. The minimum absolute atomic E-state index is 0.0115. The van der Waals surface area contributed by atoms with Gasteiger partial charge in [-0.05, 0) is 43.5 Å². The summed E-state index contributed by atoms with van der Waals surface area (Å²) in [6, 6.07) is 5.06. The molecule has 0 saturated carbocycles. The molecule has 1 heterocycles. The van der Waals surface area contributed by atoms with E-state index in [2.05, 4.69) is 5.32 Å². The van der Waals surface area contributed by atoms with Gasteiger partial charge in [-0.25, -0.2) is 4.79 Å². The molecule has 1 aromatic carbocycles. The largest absolute Gasteiger partial charge is 0.478 e. The minimum atomic E-state index is -0.923. The lowest BCUT2D eigenvalue weighted by Gasteiger charge is -2.26. The smallest absolute Gasteiger partial charge is 0.335 e. The van der Waals surface area contributed by atoms with Crippen LogP contribution in [0.1, 0.15) is 28.8 Å². The van der Waals surface area contributed by atoms with E-state index >= 15 is 0 Å². The van der Waals surface area contributed by atoms with Crippen LogP contribution in [-0.4, -0.2) is 36.6 Å². The second kappa shape index (κ2) is 5.30. The summed E-state index contributed by atoms with van der Waals surface area (Å²) in [7, 11) is 1.64. The van der Waals surface area contributed by atoms with Crippen molar-refractivity contribution in [2.75, 3.05) is 18.5 Å². The van der Waals surface area contributed by atoms with Crippen LogP contribution in [0.5, 0.6) is 0 Å². The Bertz CT molecular complexity index is 513. The molecule has 0 aliphatic carbocycles. The van der Waals surface area contributed by atoms with Crippen molar-refractivity contribution in [3.05, 3.63) is 29.3 Å². The van der Waals surface area contributed by atoms with Crippen LogP contribution in [0.25, 0.3) is 0 Å². The zero-order valence-corrected chi connectivity index (χ0v) is 11.1. The maximum atomic E-state index is 11.8. The molecule has 0 radical (unpaired) electrons. The van der Waals surface area contributed by atoms with Crippen molar-refractivity contribution in [2.24, 2.45) is 0 Å². The van der Waals surface area contributed by atoms with E-state index in [9.17, 15) is 9.59 Å². The molecule has 19 heavy (non-hydrogen) atoms. The van der Waals surface area contributed by atoms with Gasteiger partial charge in [-0.1, -0.05) is 0 Å². The molecule has 1 fully saturated rings. The van der Waals surface area contributed by atoms with E-state index in [0.29, 0.717) is 11.1 Å². The molecular formula is C14H18N2O3. The van der Waals surface area contributed by atoms with Crippen LogP contribution in [0.4, 0.5) is 5.69 Å². The van der Waals surface area contributed by atoms with Crippen molar-refractivity contribution in [3.8, 4) is 0 Å². The Morgan fingerprint density at radius 1 is 1.42 bits per heavy atom. The third-order valence-electron chi connectivity index (χ3n) is 3.57. The second-order valence-electron chi connectivity index (χ2n) is 4.77. The monoisotopic (exact) mass is 262 g/mol. The van der Waals surface area contributed by atoms with Crippen molar-refractivity contribution >= 4 is 17.6 Å². The SMILES string of the molecule is CNC(=O)C1CCCN1c1ccc(C(=O)O)c(C)c1. The summed E-state index contributed by atoms with van der Waals surface area (Å²) in [5.74, 6) is -0.911. The Morgan fingerprint density at radius 3 is 2.74 bits per heavy atom. The number of benzene rings is 1. The normalized spacial score (nSPS) is 18.4. The predicted octanol–water partition coefficient (Wildman–Crippen LogP) is 1.41. The van der Waals surface area contributed by atoms with Crippen LogP contribution in [-0.2, 0) is 4.79 Å². The molecule has 5 nitrogen and oxygen atoms in total. The van der Waals surface area contributed by atoms with Gasteiger partial charge in [-0.2, -0.15) is 0 Å². The number of nitrogens with one attached hydrogen (secondary N) is 1. The van der Waals surface area contributed by atoms with Crippen LogP contribution in [0, 0.1) is 6.92 Å². The number of carboxylic acid groups (broad SMARTS) is 1. The molecule has 1 atom stereocenters. The Balaban J connectivity index is 2.29. The fraction of sp³-hybridized carbons (Fsp3) is 0.429. The molecule has 1 amide bonds. The number of likely N-dealkylation sites (N-methyl/N-ethyl adjacent to an activating group) is 1. The van der Waals surface area contributed by atoms with E-state index < -0.39 is 5.97 Å². The Hall–Kier alpha value is -2.04. The van der Waals surface area contributed by atoms with Crippen molar-refractivity contribution in [1.82, 2.24) is 5.32 Å². The molecule has 0 spiro atoms. The fourth-order valence-corrected chi connectivity index (χ4v) is 2.58. The highest BCUT2D eigenvalue weighted by atomic mass is 16.4. The lowest BCUT2D eigenvalue weighted by molar-refractivity contribution is -0.121. The number of carbonyl (C=O) groups is 2. The molecule has 102 valence electrons. The highest BCUT2D eigenvalue weighted by Crippen LogP contribution is 2.27. The number of amides is 1. The van der Waals surface area contributed by atoms with Gasteiger partial charge >= 0.3 is 5.97 Å². The summed E-state index contributed by atoms with van der Waals surface area (Å²) in [4.78, 5) is 24.8. The van der Waals surface area contributed by atoms with Gasteiger partial charge in [0.2, 0.25) is 5.91 Å².